The zero-order valence-electron chi connectivity index (χ0n) is 29.1. The van der Waals surface area contributed by atoms with Crippen LogP contribution < -0.4 is 4.74 Å². The Morgan fingerprint density at radius 2 is 1.72 bits per heavy atom. The normalized spacial score (nSPS) is 13.9. The molecule has 0 atom stereocenters. The van der Waals surface area contributed by atoms with Crippen LogP contribution in [0.2, 0.25) is 5.02 Å². The molecule has 1 N–H and O–H groups in total. The molecule has 0 saturated carbocycles. The summed E-state index contributed by atoms with van der Waals surface area (Å²) < 4.78 is 20.0. The maximum atomic E-state index is 14.1. The van der Waals surface area contributed by atoms with Crippen molar-refractivity contribution in [2.75, 3.05) is 39.5 Å². The van der Waals surface area contributed by atoms with Gasteiger partial charge >= 0.3 is 5.97 Å². The van der Waals surface area contributed by atoms with Gasteiger partial charge in [0.05, 0.1) is 31.0 Å². The summed E-state index contributed by atoms with van der Waals surface area (Å²) >= 11 is 6.37. The van der Waals surface area contributed by atoms with Crippen LogP contribution in [0.3, 0.4) is 0 Å². The summed E-state index contributed by atoms with van der Waals surface area (Å²) in [6.45, 7) is 23.0. The van der Waals surface area contributed by atoms with E-state index in [1.165, 1.54) is 0 Å². The molecular formula is C37H51ClN4O4. The molecule has 4 aromatic rings. The van der Waals surface area contributed by atoms with E-state index in [2.05, 4.69) is 37.9 Å². The Hall–Kier alpha value is -3.33. The van der Waals surface area contributed by atoms with Gasteiger partial charge in [-0.05, 0) is 90.1 Å². The Labute approximate surface area is 279 Å². The highest BCUT2D eigenvalue weighted by atomic mass is 35.5. The number of hydrogen-bond acceptors (Lipinski definition) is 6. The highest BCUT2D eigenvalue weighted by Gasteiger charge is 2.29. The van der Waals surface area contributed by atoms with Gasteiger partial charge in [0, 0.05) is 53.4 Å². The number of nitrogens with zero attached hydrogens (tertiary/aromatic N) is 3. The molecule has 46 heavy (non-hydrogen) atoms. The van der Waals surface area contributed by atoms with Crippen LogP contribution in [-0.4, -0.2) is 70.7 Å². The van der Waals surface area contributed by atoms with Crippen molar-refractivity contribution >= 4 is 28.5 Å². The molecule has 1 aliphatic heterocycles. The van der Waals surface area contributed by atoms with Gasteiger partial charge in [0.25, 0.3) is 0 Å². The van der Waals surface area contributed by atoms with E-state index in [9.17, 15) is 4.79 Å². The lowest BCUT2D eigenvalue weighted by atomic mass is 9.98. The predicted molar refractivity (Wildman–Crippen MR) is 188 cm³/mol. The maximum absolute atomic E-state index is 14.1. The first kappa shape index (κ1) is 35.5. The summed E-state index contributed by atoms with van der Waals surface area (Å²) in [4.78, 5) is 16.5. The van der Waals surface area contributed by atoms with E-state index in [1.807, 2.05) is 74.4 Å². The molecule has 5 rings (SSSR count). The second-order valence-electron chi connectivity index (χ2n) is 12.8. The molecular weight excluding hydrogens is 600 g/mol. The van der Waals surface area contributed by atoms with Gasteiger partial charge in [-0.15, -0.1) is 0 Å². The average Bonchev–Trinajstić information content (AvgIpc) is 3.53. The Bertz CT molecular complexity index is 1600. The molecule has 2 aromatic carbocycles. The summed E-state index contributed by atoms with van der Waals surface area (Å²) in [6, 6.07) is 10.3. The number of H-pyrrole nitrogens is 1. The fourth-order valence-electron chi connectivity index (χ4n) is 6.16. The minimum absolute atomic E-state index is 0.304. The van der Waals surface area contributed by atoms with Crippen LogP contribution >= 0.6 is 11.6 Å². The third-order valence-electron chi connectivity index (χ3n) is 8.17. The Kier molecular flexibility index (Phi) is 12.0. The zero-order chi connectivity index (χ0) is 33.6. The average molecular weight is 651 g/mol. The van der Waals surface area contributed by atoms with Crippen LogP contribution in [0.1, 0.15) is 79.6 Å². The first-order valence-corrected chi connectivity index (χ1v) is 16.9. The van der Waals surface area contributed by atoms with Crippen LogP contribution in [0.15, 0.2) is 30.3 Å². The fraction of sp³-hybridized carbons (Fsp3) is 0.514. The molecule has 9 heteroatoms. The monoisotopic (exact) mass is 650 g/mol. The molecule has 0 amide bonds. The van der Waals surface area contributed by atoms with Gasteiger partial charge in [0.1, 0.15) is 17.0 Å². The number of para-hydroxylation sites is 1. The third kappa shape index (κ3) is 8.14. The van der Waals surface area contributed by atoms with Crippen LogP contribution in [0.25, 0.3) is 22.0 Å². The van der Waals surface area contributed by atoms with E-state index in [0.717, 1.165) is 100 Å². The molecule has 0 aliphatic carbocycles. The summed E-state index contributed by atoms with van der Waals surface area (Å²) in [5.74, 6) is 0.500. The topological polar surface area (TPSA) is 81.6 Å². The predicted octanol–water partition coefficient (Wildman–Crippen LogP) is 8.24. The summed E-state index contributed by atoms with van der Waals surface area (Å²) in [7, 11) is 0. The van der Waals surface area contributed by atoms with Crippen LogP contribution in [-0.2, 0) is 22.4 Å². The largest absolute Gasteiger partial charge is 0.494 e. The number of morpholine rings is 1. The Balaban J connectivity index is 0.00000235. The molecule has 2 aromatic heterocycles. The lowest BCUT2D eigenvalue weighted by molar-refractivity contribution is 0.00538. The smallest absolute Gasteiger partial charge is 0.355 e. The quantitative estimate of drug-likeness (QED) is 0.138. The van der Waals surface area contributed by atoms with E-state index in [1.54, 1.807) is 0 Å². The highest BCUT2D eigenvalue weighted by Crippen LogP contribution is 2.38. The minimum atomic E-state index is -0.631. The van der Waals surface area contributed by atoms with Crippen molar-refractivity contribution in [3.05, 3.63) is 69.1 Å². The molecule has 0 radical (unpaired) electrons. The van der Waals surface area contributed by atoms with Crippen molar-refractivity contribution in [2.24, 2.45) is 0 Å². The van der Waals surface area contributed by atoms with Gasteiger partial charge in [0.15, 0.2) is 0 Å². The number of carbonyl (C=O) groups excluding carboxylic acids is 1. The van der Waals surface area contributed by atoms with E-state index >= 15 is 0 Å². The SMILES string of the molecule is CC.Cc1cc(OCCCc2c(C(=O)OC(C)(C)C)n(CCN3CCOCC3)c3c(-c4c(C)n[nH]c4C)cccc23)cc(C)c1Cl. The number of aryl methyl sites for hydroxylation is 5. The number of rotatable bonds is 10. The number of hydrogen-bond donors (Lipinski definition) is 1. The standard InChI is InChI=1S/C35H45ClN4O4.C2H6/c1-22-20-26(21-23(2)31(22)36)43-17-9-12-28-27-10-8-11-29(30-24(3)37-38-25(30)4)32(27)40(14-13-39-15-18-42-19-16-39)33(28)34(41)44-35(5,6)7;1-2/h8,10-11,20-21H,9,12-19H2,1-7H3,(H,37,38);1-2H3. The molecule has 1 aliphatic rings. The van der Waals surface area contributed by atoms with Gasteiger partial charge < -0.3 is 18.8 Å². The number of nitrogens with one attached hydrogen (secondary N) is 1. The highest BCUT2D eigenvalue weighted by molar-refractivity contribution is 6.32. The molecule has 1 saturated heterocycles. The molecule has 0 spiro atoms. The zero-order valence-corrected chi connectivity index (χ0v) is 29.9. The van der Waals surface area contributed by atoms with Gasteiger partial charge in [-0.25, -0.2) is 4.79 Å². The maximum Gasteiger partial charge on any atom is 0.355 e. The van der Waals surface area contributed by atoms with Gasteiger partial charge in [-0.2, -0.15) is 5.10 Å². The number of halogens is 1. The number of aromatic amines is 1. The number of fused-ring (bicyclic) bond motifs is 1. The van der Waals surface area contributed by atoms with Crippen molar-refractivity contribution in [3.63, 3.8) is 0 Å². The Morgan fingerprint density at radius 1 is 1.04 bits per heavy atom. The minimum Gasteiger partial charge on any atom is -0.494 e. The van der Waals surface area contributed by atoms with Gasteiger partial charge in [-0.1, -0.05) is 43.6 Å². The van der Waals surface area contributed by atoms with Crippen LogP contribution in [0.4, 0.5) is 0 Å². The van der Waals surface area contributed by atoms with E-state index < -0.39 is 5.60 Å². The summed E-state index contributed by atoms with van der Waals surface area (Å²) in [5, 5.41) is 9.47. The molecule has 8 nitrogen and oxygen atoms in total. The number of esters is 1. The fourth-order valence-corrected chi connectivity index (χ4v) is 6.27. The summed E-state index contributed by atoms with van der Waals surface area (Å²) in [5.41, 5.74) is 8.06. The molecule has 0 unspecified atom stereocenters. The van der Waals surface area contributed by atoms with Crippen molar-refractivity contribution in [1.82, 2.24) is 19.7 Å². The van der Waals surface area contributed by atoms with Gasteiger partial charge in [-0.3, -0.25) is 10.00 Å². The molecule has 3 heterocycles. The van der Waals surface area contributed by atoms with Gasteiger partial charge in [0.2, 0.25) is 0 Å². The first-order valence-electron chi connectivity index (χ1n) is 16.5. The number of ether oxygens (including phenoxy) is 3. The van der Waals surface area contributed by atoms with Crippen LogP contribution in [0, 0.1) is 27.7 Å². The molecule has 0 bridgehead atoms. The van der Waals surface area contributed by atoms with Crippen LogP contribution in [0.5, 0.6) is 5.75 Å². The lowest BCUT2D eigenvalue weighted by Crippen LogP contribution is -2.38. The molecule has 250 valence electrons. The lowest BCUT2D eigenvalue weighted by Gasteiger charge is -2.27. The van der Waals surface area contributed by atoms with E-state index in [-0.39, 0.29) is 5.97 Å². The van der Waals surface area contributed by atoms with E-state index in [4.69, 9.17) is 25.8 Å². The number of benzene rings is 2. The molecule has 1 fully saturated rings. The van der Waals surface area contributed by atoms with Crippen molar-refractivity contribution < 1.29 is 19.0 Å². The van der Waals surface area contributed by atoms with Crippen molar-refractivity contribution in [2.45, 2.75) is 87.3 Å². The van der Waals surface area contributed by atoms with Crippen molar-refractivity contribution in [3.8, 4) is 16.9 Å². The second-order valence-corrected chi connectivity index (χ2v) is 13.1. The third-order valence-corrected chi connectivity index (χ3v) is 8.77. The summed E-state index contributed by atoms with van der Waals surface area (Å²) in [6.07, 6.45) is 1.39. The second kappa shape index (κ2) is 15.5. The number of carbonyl (C=O) groups is 1. The van der Waals surface area contributed by atoms with E-state index in [0.29, 0.717) is 25.3 Å². The first-order chi connectivity index (χ1) is 21.9. The van der Waals surface area contributed by atoms with Crippen molar-refractivity contribution in [1.29, 1.82) is 0 Å². The number of aromatic nitrogens is 3. The Morgan fingerprint density at radius 3 is 2.33 bits per heavy atom.